The van der Waals surface area contributed by atoms with E-state index >= 15 is 0 Å². The van der Waals surface area contributed by atoms with Crippen LogP contribution in [0, 0.1) is 38.0 Å². The third-order valence-electron chi connectivity index (χ3n) is 6.02. The summed E-state index contributed by atoms with van der Waals surface area (Å²) in [4.78, 5) is 37.3. The quantitative estimate of drug-likeness (QED) is 0.0334. The summed E-state index contributed by atoms with van der Waals surface area (Å²) < 4.78 is 19.6. The van der Waals surface area contributed by atoms with Gasteiger partial charge in [0, 0.05) is 5.57 Å². The van der Waals surface area contributed by atoms with Crippen molar-refractivity contribution in [3.63, 3.8) is 0 Å². The molecule has 0 radical (unpaired) electrons. The maximum absolute atomic E-state index is 12.3. The number of aliphatic imine (C=N–C) groups is 1. The van der Waals surface area contributed by atoms with Gasteiger partial charge in [-0.2, -0.15) is 5.57 Å². The van der Waals surface area contributed by atoms with Gasteiger partial charge in [-0.05, 0) is 32.7 Å². The maximum Gasteiger partial charge on any atom is 2.00 e. The second kappa shape index (κ2) is 28.4. The predicted molar refractivity (Wildman–Crippen MR) is 165 cm³/mol. The van der Waals surface area contributed by atoms with Gasteiger partial charge in [0.15, 0.2) is 0 Å². The molecule has 0 aliphatic carbocycles. The zero-order valence-corrected chi connectivity index (χ0v) is 30.8. The van der Waals surface area contributed by atoms with Gasteiger partial charge >= 0.3 is 43.1 Å². The fraction of sp³-hybridized carbons (Fsp3) is 0.625. The minimum Gasteiger partial charge on any atom is -0.499 e. The number of nitrogens with two attached hydrogens (primary N) is 1. The normalized spacial score (nSPS) is 11.3. The molecular formula is C32H53N4O6U+. The third kappa shape index (κ3) is 25.8. The molecule has 1 aromatic heterocycles. The van der Waals surface area contributed by atoms with E-state index in [0.717, 1.165) is 13.0 Å². The molecule has 11 heteroatoms. The van der Waals surface area contributed by atoms with E-state index in [1.54, 1.807) is 20.1 Å². The Morgan fingerprint density at radius 1 is 1.00 bits per heavy atom. The Morgan fingerprint density at radius 2 is 1.56 bits per heavy atom. The molecule has 43 heavy (non-hydrogen) atoms. The number of allylic oxidation sites excluding steroid dienone is 1. The minimum atomic E-state index is -0.686. The summed E-state index contributed by atoms with van der Waals surface area (Å²) in [6.45, 7) is 17.1. The molecule has 1 atom stereocenters. The van der Waals surface area contributed by atoms with Crippen LogP contribution < -0.4 is 10.3 Å². The van der Waals surface area contributed by atoms with Crippen LogP contribution in [-0.4, -0.2) is 54.7 Å². The van der Waals surface area contributed by atoms with Crippen LogP contribution in [-0.2, 0) is 41.7 Å². The number of unbranched alkanes of at least 4 members (excludes halogenated alkanes) is 9. The van der Waals surface area contributed by atoms with Crippen molar-refractivity contribution >= 4 is 24.2 Å². The topological polar surface area (TPSA) is 126 Å². The summed E-state index contributed by atoms with van der Waals surface area (Å²) in [6.07, 6.45) is 21.0. The zero-order valence-electron chi connectivity index (χ0n) is 26.6. The van der Waals surface area contributed by atoms with Crippen LogP contribution in [0.4, 0.5) is 0 Å². The van der Waals surface area contributed by atoms with E-state index in [2.05, 4.69) is 36.6 Å². The molecule has 1 unspecified atom stereocenters. The van der Waals surface area contributed by atoms with Gasteiger partial charge in [0.05, 0.1) is 13.0 Å². The Balaban J connectivity index is 0. The van der Waals surface area contributed by atoms with Crippen LogP contribution in [0.1, 0.15) is 91.4 Å². The summed E-state index contributed by atoms with van der Waals surface area (Å²) in [5.74, 6) is -0.931. The van der Waals surface area contributed by atoms with Crippen LogP contribution in [0.15, 0.2) is 48.0 Å². The molecule has 0 fully saturated rings. The van der Waals surface area contributed by atoms with Crippen LogP contribution >= 0.6 is 0 Å². The number of imidazole rings is 1. The summed E-state index contributed by atoms with van der Waals surface area (Å²) in [6, 6.07) is -0.796. The van der Waals surface area contributed by atoms with E-state index in [-0.39, 0.29) is 74.9 Å². The molecular weight excluding hydrogens is 774 g/mol. The first kappa shape index (κ1) is 42.8. The van der Waals surface area contributed by atoms with E-state index in [0.29, 0.717) is 12.1 Å². The van der Waals surface area contributed by atoms with Gasteiger partial charge in [0.25, 0.3) is 6.02 Å². The SMILES string of the molecule is C=C(C)C(=O)OCC(COC(=O)CCn1cc[n+](CCCCCCCCCCCC)c1)N=C(N)OC[CH2-].C=C(C)[C-]=O.[U+2]. The number of aryl methyl sites for hydroxylation is 2. The Labute approximate surface area is 282 Å². The molecule has 0 aliphatic rings. The molecule has 0 aliphatic heterocycles. The molecule has 1 aromatic rings. The number of esters is 2. The van der Waals surface area contributed by atoms with E-state index < -0.39 is 12.0 Å². The zero-order chi connectivity index (χ0) is 31.6. The van der Waals surface area contributed by atoms with Gasteiger partial charge in [0.1, 0.15) is 38.2 Å². The third-order valence-corrected chi connectivity index (χ3v) is 6.02. The van der Waals surface area contributed by atoms with Crippen molar-refractivity contribution in [2.24, 2.45) is 10.7 Å². The fourth-order valence-corrected chi connectivity index (χ4v) is 3.71. The number of hydrogen-bond donors (Lipinski definition) is 1. The van der Waals surface area contributed by atoms with Crippen molar-refractivity contribution in [2.45, 2.75) is 111 Å². The average molecular weight is 828 g/mol. The van der Waals surface area contributed by atoms with Gasteiger partial charge in [-0.1, -0.05) is 71.8 Å². The molecule has 10 nitrogen and oxygen atoms in total. The smallest absolute Gasteiger partial charge is 0.499 e. The van der Waals surface area contributed by atoms with Crippen molar-refractivity contribution in [1.82, 2.24) is 4.57 Å². The number of ether oxygens (including phenoxy) is 3. The summed E-state index contributed by atoms with van der Waals surface area (Å²) in [7, 11) is 0. The number of aromatic nitrogens is 2. The van der Waals surface area contributed by atoms with Crippen LogP contribution in [0.2, 0.25) is 0 Å². The largest absolute Gasteiger partial charge is 2.00 e. The first-order valence-corrected chi connectivity index (χ1v) is 14.9. The first-order valence-electron chi connectivity index (χ1n) is 14.9. The van der Waals surface area contributed by atoms with Crippen molar-refractivity contribution < 1.29 is 64.3 Å². The average Bonchev–Trinajstić information content (AvgIpc) is 3.42. The summed E-state index contributed by atoms with van der Waals surface area (Å²) in [5.41, 5.74) is 6.38. The number of nitrogens with zero attached hydrogens (tertiary/aromatic N) is 3. The van der Waals surface area contributed by atoms with E-state index in [1.807, 2.05) is 23.3 Å². The Hall–Kier alpha value is -2.38. The molecule has 0 saturated carbocycles. The van der Waals surface area contributed by atoms with Gasteiger partial charge in [0.2, 0.25) is 6.33 Å². The van der Waals surface area contributed by atoms with Crippen LogP contribution in [0.3, 0.4) is 0 Å². The molecule has 0 saturated heterocycles. The standard InChI is InChI=1S/C28H48N4O5.C4H5O.U/c1-5-7-8-9-10-11-12-13-14-15-17-31-19-20-32(23-31)18-16-26(33)36-21-25(30-28(29)35-6-2)22-37-27(34)24(3)4;1-4(2)3-5;/h19-20,23,25H,2-3,5-18,21-22H2,1,4H3,(H2,29,30);1H2,2H3;/q;-1;+2. The molecule has 1 heterocycles. The van der Waals surface area contributed by atoms with Gasteiger partial charge in [-0.25, -0.2) is 25.5 Å². The van der Waals surface area contributed by atoms with Crippen LogP contribution in [0.5, 0.6) is 0 Å². The Morgan fingerprint density at radius 3 is 2.09 bits per heavy atom. The van der Waals surface area contributed by atoms with Crippen LogP contribution in [0.25, 0.3) is 0 Å². The minimum absolute atomic E-state index is 0. The molecule has 1 rings (SSSR count). The number of hydrogen-bond acceptors (Lipinski definition) is 7. The maximum atomic E-state index is 12.3. The van der Waals surface area contributed by atoms with E-state index in [1.165, 1.54) is 57.8 Å². The molecule has 0 spiro atoms. The fourth-order valence-electron chi connectivity index (χ4n) is 3.71. The van der Waals surface area contributed by atoms with E-state index in [9.17, 15) is 14.4 Å². The van der Waals surface area contributed by atoms with Gasteiger partial charge < -0.3 is 31.7 Å². The van der Waals surface area contributed by atoms with Crippen molar-refractivity contribution in [3.05, 3.63) is 49.9 Å². The second-order valence-corrected chi connectivity index (χ2v) is 10.2. The van der Waals surface area contributed by atoms with Crippen molar-refractivity contribution in [1.29, 1.82) is 0 Å². The molecule has 0 amide bonds. The molecule has 0 aromatic carbocycles. The van der Waals surface area contributed by atoms with Crippen molar-refractivity contribution in [2.75, 3.05) is 19.8 Å². The first-order chi connectivity index (χ1) is 20.1. The predicted octanol–water partition coefficient (Wildman–Crippen LogP) is 4.96. The monoisotopic (exact) mass is 827 g/mol. The van der Waals surface area contributed by atoms with Crippen molar-refractivity contribution in [3.8, 4) is 0 Å². The number of rotatable bonds is 22. The summed E-state index contributed by atoms with van der Waals surface area (Å²) >= 11 is 0. The van der Waals surface area contributed by atoms with Gasteiger partial charge in [-0.15, -0.1) is 0 Å². The number of amidine groups is 1. The Bertz CT molecular complexity index is 963. The second-order valence-electron chi connectivity index (χ2n) is 10.2. The molecule has 2 N–H and O–H groups in total. The molecule has 240 valence electrons. The Kier molecular flexibility index (Phi) is 28.2. The number of carbonyl (C=O) groups excluding carboxylic acids is 3. The van der Waals surface area contributed by atoms with Gasteiger partial charge in [-0.3, -0.25) is 4.79 Å². The number of carbonyl (C=O) groups is 2. The van der Waals surface area contributed by atoms with E-state index in [4.69, 9.17) is 19.9 Å². The summed E-state index contributed by atoms with van der Waals surface area (Å²) in [5, 5.41) is 0. The molecule has 0 bridgehead atoms.